The van der Waals surface area contributed by atoms with Gasteiger partial charge >= 0.3 is 0 Å². The van der Waals surface area contributed by atoms with E-state index in [1.807, 2.05) is 20.8 Å². The number of nitrogens with one attached hydrogen (secondary N) is 2. The van der Waals surface area contributed by atoms with Crippen LogP contribution in [0.5, 0.6) is 0 Å². The first-order valence-corrected chi connectivity index (χ1v) is 8.20. The van der Waals surface area contributed by atoms with Crippen molar-refractivity contribution in [1.29, 1.82) is 0 Å². The van der Waals surface area contributed by atoms with Crippen LogP contribution in [0, 0.1) is 13.8 Å². The maximum Gasteiger partial charge on any atom is 0.237 e. The summed E-state index contributed by atoms with van der Waals surface area (Å²) in [6.07, 6.45) is 1.94. The summed E-state index contributed by atoms with van der Waals surface area (Å²) in [6.45, 7) is 12.2. The average Bonchev–Trinajstić information content (AvgIpc) is 2.74. The number of hydrogen-bond donors (Lipinski definition) is 2. The van der Waals surface area contributed by atoms with Crippen LogP contribution in [0.4, 0.5) is 0 Å². The van der Waals surface area contributed by atoms with Crippen LogP contribution in [0.2, 0.25) is 0 Å². The first-order valence-electron chi connectivity index (χ1n) is 7.39. The molecule has 2 N–H and O–H groups in total. The summed E-state index contributed by atoms with van der Waals surface area (Å²) in [5, 5.41) is 7.51. The molecule has 4 nitrogen and oxygen atoms in total. The van der Waals surface area contributed by atoms with Crippen LogP contribution < -0.4 is 10.6 Å². The predicted octanol–water partition coefficient (Wildman–Crippen LogP) is 3.10. The summed E-state index contributed by atoms with van der Waals surface area (Å²) in [6, 6.07) is 0.213. The normalized spacial score (nSPS) is 14.3. The van der Waals surface area contributed by atoms with E-state index in [2.05, 4.69) is 36.4 Å². The van der Waals surface area contributed by atoms with Crippen LogP contribution in [-0.2, 0) is 4.79 Å². The topological polar surface area (TPSA) is 54.0 Å². The molecule has 1 heterocycles. The summed E-state index contributed by atoms with van der Waals surface area (Å²) in [5.41, 5.74) is 1.06. The Bertz CT molecular complexity index is 440. The molecular formula is C15H27N3OS. The Morgan fingerprint density at radius 1 is 1.25 bits per heavy atom. The highest BCUT2D eigenvalue weighted by Crippen LogP contribution is 2.24. The fourth-order valence-corrected chi connectivity index (χ4v) is 3.23. The molecule has 0 spiro atoms. The number of carbonyl (C=O) groups excluding carboxylic acids is 1. The molecule has 1 aromatic rings. The molecular weight excluding hydrogens is 270 g/mol. The molecule has 5 heteroatoms. The minimum Gasteiger partial charge on any atom is -0.352 e. The zero-order valence-corrected chi connectivity index (χ0v) is 14.2. The van der Waals surface area contributed by atoms with E-state index in [0.29, 0.717) is 0 Å². The standard InChI is InChI=1S/C15H27N3OS/c1-7-13(8-2)18-15(19)11(5)16-9(3)14-10(4)17-12(6)20-14/h9,11,13,16H,7-8H2,1-6H3,(H,18,19). The molecule has 0 aliphatic heterocycles. The number of aromatic nitrogens is 1. The minimum atomic E-state index is -0.201. The first-order chi connectivity index (χ1) is 9.38. The fourth-order valence-electron chi connectivity index (χ4n) is 2.29. The number of thiazole rings is 1. The Hall–Kier alpha value is -0.940. The molecule has 1 rings (SSSR count). The largest absolute Gasteiger partial charge is 0.352 e. The van der Waals surface area contributed by atoms with Gasteiger partial charge in [-0.3, -0.25) is 10.1 Å². The molecule has 114 valence electrons. The summed E-state index contributed by atoms with van der Waals surface area (Å²) >= 11 is 1.69. The highest BCUT2D eigenvalue weighted by atomic mass is 32.1. The van der Waals surface area contributed by atoms with Gasteiger partial charge in [0.2, 0.25) is 5.91 Å². The lowest BCUT2D eigenvalue weighted by molar-refractivity contribution is -0.123. The summed E-state index contributed by atoms with van der Waals surface area (Å²) in [5.74, 6) is 0.0736. The smallest absolute Gasteiger partial charge is 0.237 e. The van der Waals surface area contributed by atoms with Gasteiger partial charge in [0, 0.05) is 17.0 Å². The van der Waals surface area contributed by atoms with Crippen LogP contribution in [0.3, 0.4) is 0 Å². The molecule has 0 bridgehead atoms. The summed E-state index contributed by atoms with van der Waals surface area (Å²) in [4.78, 5) is 17.8. The highest BCUT2D eigenvalue weighted by Gasteiger charge is 2.20. The Morgan fingerprint density at radius 3 is 2.30 bits per heavy atom. The summed E-state index contributed by atoms with van der Waals surface area (Å²) < 4.78 is 0. The lowest BCUT2D eigenvalue weighted by atomic mass is 10.1. The van der Waals surface area contributed by atoms with Gasteiger partial charge in [0.05, 0.1) is 16.7 Å². The zero-order chi connectivity index (χ0) is 15.3. The molecule has 1 amide bonds. The van der Waals surface area contributed by atoms with Crippen LogP contribution >= 0.6 is 11.3 Å². The van der Waals surface area contributed by atoms with Gasteiger partial charge < -0.3 is 5.32 Å². The molecule has 20 heavy (non-hydrogen) atoms. The van der Waals surface area contributed by atoms with Crippen LogP contribution in [0.1, 0.15) is 62.2 Å². The lowest BCUT2D eigenvalue weighted by Crippen LogP contribution is -2.46. The van der Waals surface area contributed by atoms with Gasteiger partial charge in [-0.25, -0.2) is 4.98 Å². The fraction of sp³-hybridized carbons (Fsp3) is 0.733. The van der Waals surface area contributed by atoms with Crippen molar-refractivity contribution in [2.24, 2.45) is 0 Å². The molecule has 0 radical (unpaired) electrons. The molecule has 0 fully saturated rings. The van der Waals surface area contributed by atoms with Gasteiger partial charge in [0.25, 0.3) is 0 Å². The van der Waals surface area contributed by atoms with Gasteiger partial charge in [0.15, 0.2) is 0 Å². The van der Waals surface area contributed by atoms with Crippen molar-refractivity contribution >= 4 is 17.2 Å². The Labute approximate surface area is 126 Å². The van der Waals surface area contributed by atoms with Gasteiger partial charge in [0.1, 0.15) is 0 Å². The highest BCUT2D eigenvalue weighted by molar-refractivity contribution is 7.11. The van der Waals surface area contributed by atoms with E-state index in [-0.39, 0.29) is 24.0 Å². The Morgan fingerprint density at radius 2 is 1.85 bits per heavy atom. The maximum atomic E-state index is 12.1. The second-order valence-corrected chi connectivity index (χ2v) is 6.55. The molecule has 2 unspecified atom stereocenters. The monoisotopic (exact) mass is 297 g/mol. The van der Waals surface area contributed by atoms with Crippen LogP contribution in [0.15, 0.2) is 0 Å². The summed E-state index contributed by atoms with van der Waals surface area (Å²) in [7, 11) is 0. The number of carbonyl (C=O) groups is 1. The number of rotatable bonds is 7. The molecule has 0 aliphatic rings. The molecule has 0 saturated heterocycles. The van der Waals surface area contributed by atoms with E-state index in [9.17, 15) is 4.79 Å². The van der Waals surface area contributed by atoms with Gasteiger partial charge in [-0.1, -0.05) is 13.8 Å². The lowest BCUT2D eigenvalue weighted by Gasteiger charge is -2.22. The van der Waals surface area contributed by atoms with Crippen LogP contribution in [-0.4, -0.2) is 23.0 Å². The van der Waals surface area contributed by atoms with Crippen molar-refractivity contribution in [1.82, 2.24) is 15.6 Å². The zero-order valence-electron chi connectivity index (χ0n) is 13.4. The van der Waals surface area contributed by atoms with Gasteiger partial charge in [-0.15, -0.1) is 11.3 Å². The number of nitrogens with zero attached hydrogens (tertiary/aromatic N) is 1. The quantitative estimate of drug-likeness (QED) is 0.813. The maximum absolute atomic E-state index is 12.1. The third kappa shape index (κ3) is 4.56. The number of hydrogen-bond acceptors (Lipinski definition) is 4. The van der Waals surface area contributed by atoms with E-state index in [4.69, 9.17) is 0 Å². The van der Waals surface area contributed by atoms with Crippen molar-refractivity contribution in [3.8, 4) is 0 Å². The van der Waals surface area contributed by atoms with E-state index in [0.717, 1.165) is 23.5 Å². The van der Waals surface area contributed by atoms with Gasteiger partial charge in [-0.05, 0) is 40.5 Å². The van der Waals surface area contributed by atoms with Crippen molar-refractivity contribution in [3.05, 3.63) is 15.6 Å². The minimum absolute atomic E-state index is 0.0736. The van der Waals surface area contributed by atoms with Crippen molar-refractivity contribution in [2.75, 3.05) is 0 Å². The van der Waals surface area contributed by atoms with Crippen LogP contribution in [0.25, 0.3) is 0 Å². The second kappa shape index (κ2) is 7.74. The molecule has 0 aliphatic carbocycles. The first kappa shape index (κ1) is 17.1. The van der Waals surface area contributed by atoms with E-state index in [1.165, 1.54) is 4.88 Å². The molecule has 0 saturated carbocycles. The predicted molar refractivity (Wildman–Crippen MR) is 85.1 cm³/mol. The van der Waals surface area contributed by atoms with E-state index < -0.39 is 0 Å². The van der Waals surface area contributed by atoms with Crippen molar-refractivity contribution < 1.29 is 4.79 Å². The SMILES string of the molecule is CCC(CC)NC(=O)C(C)NC(C)c1sc(C)nc1C. The Kier molecular flexibility index (Phi) is 6.62. The molecule has 0 aromatic carbocycles. The van der Waals surface area contributed by atoms with E-state index in [1.54, 1.807) is 11.3 Å². The number of aryl methyl sites for hydroxylation is 2. The van der Waals surface area contributed by atoms with Gasteiger partial charge in [-0.2, -0.15) is 0 Å². The molecule has 1 aromatic heterocycles. The molecule has 2 atom stereocenters. The Balaban J connectivity index is 2.59. The number of amides is 1. The van der Waals surface area contributed by atoms with E-state index >= 15 is 0 Å². The van der Waals surface area contributed by atoms with Crippen molar-refractivity contribution in [2.45, 2.75) is 72.5 Å². The van der Waals surface area contributed by atoms with Crippen molar-refractivity contribution in [3.63, 3.8) is 0 Å². The third-order valence-corrected chi connectivity index (χ3v) is 4.81. The third-order valence-electron chi connectivity index (χ3n) is 3.56. The average molecular weight is 297 g/mol. The second-order valence-electron chi connectivity index (χ2n) is 5.31.